The van der Waals surface area contributed by atoms with Gasteiger partial charge in [0.25, 0.3) is 5.56 Å². The topological polar surface area (TPSA) is 115 Å². The molecule has 2 heterocycles. The maximum absolute atomic E-state index is 12.9. The highest BCUT2D eigenvalue weighted by molar-refractivity contribution is 7.18. The average Bonchev–Trinajstić information content (AvgIpc) is 2.98. The van der Waals surface area contributed by atoms with E-state index in [1.165, 1.54) is 15.9 Å². The molecule has 3 N–H and O–H groups in total. The van der Waals surface area contributed by atoms with Crippen molar-refractivity contribution in [3.05, 3.63) is 26.6 Å². The van der Waals surface area contributed by atoms with Crippen molar-refractivity contribution in [2.24, 2.45) is 5.73 Å². The molecule has 1 aliphatic carbocycles. The molecule has 2 aromatic heterocycles. The van der Waals surface area contributed by atoms with Gasteiger partial charge >= 0.3 is 5.97 Å². The maximum atomic E-state index is 12.9. The van der Waals surface area contributed by atoms with Crippen LogP contribution in [0, 0.1) is 0 Å². The van der Waals surface area contributed by atoms with Gasteiger partial charge in [-0.1, -0.05) is 13.8 Å². The van der Waals surface area contributed by atoms with Crippen LogP contribution in [0.5, 0.6) is 0 Å². The third-order valence-corrected chi connectivity index (χ3v) is 5.25. The Labute approximate surface area is 135 Å². The van der Waals surface area contributed by atoms with Gasteiger partial charge in [0.15, 0.2) is 0 Å². The molecular formula is C15H17N3O4S. The highest BCUT2D eigenvalue weighted by Crippen LogP contribution is 2.42. The molecule has 0 saturated heterocycles. The van der Waals surface area contributed by atoms with Gasteiger partial charge in [-0.2, -0.15) is 0 Å². The van der Waals surface area contributed by atoms with Gasteiger partial charge in [0.2, 0.25) is 5.91 Å². The molecule has 3 rings (SSSR count). The summed E-state index contributed by atoms with van der Waals surface area (Å²) in [5.41, 5.74) is 5.45. The first-order valence-electron chi connectivity index (χ1n) is 7.38. The summed E-state index contributed by atoms with van der Waals surface area (Å²) in [6.07, 6.45) is 1.13. The van der Waals surface area contributed by atoms with Crippen LogP contribution in [0.2, 0.25) is 0 Å². The first-order valence-corrected chi connectivity index (χ1v) is 8.20. The van der Waals surface area contributed by atoms with Crippen LogP contribution >= 0.6 is 11.3 Å². The molecule has 7 nitrogen and oxygen atoms in total. The Morgan fingerprint density at radius 2 is 2.17 bits per heavy atom. The fourth-order valence-electron chi connectivity index (χ4n) is 3.14. The summed E-state index contributed by atoms with van der Waals surface area (Å²) in [6, 6.07) is 0. The predicted octanol–water partition coefficient (Wildman–Crippen LogP) is 1.18. The molecule has 2 aromatic rings. The Kier molecular flexibility index (Phi) is 3.71. The number of aryl methyl sites for hydroxylation is 1. The number of aliphatic carboxylic acids is 1. The predicted molar refractivity (Wildman–Crippen MR) is 85.9 cm³/mol. The highest BCUT2D eigenvalue weighted by Gasteiger charge is 2.34. The highest BCUT2D eigenvalue weighted by atomic mass is 32.1. The Hall–Kier alpha value is -2.22. The lowest BCUT2D eigenvalue weighted by atomic mass is 10.0. The Balaban J connectivity index is 2.34. The molecule has 1 amide bonds. The minimum absolute atomic E-state index is 0.0568. The first kappa shape index (κ1) is 15.7. The van der Waals surface area contributed by atoms with Gasteiger partial charge in [0.05, 0.1) is 11.3 Å². The minimum atomic E-state index is -0.933. The number of carboxylic acids is 1. The number of nitrogens with two attached hydrogens (primary N) is 1. The van der Waals surface area contributed by atoms with Crippen LogP contribution in [0.4, 0.5) is 0 Å². The lowest BCUT2D eigenvalue weighted by Gasteiger charge is -2.14. The average molecular weight is 335 g/mol. The van der Waals surface area contributed by atoms with E-state index in [2.05, 4.69) is 4.98 Å². The number of carboxylic acid groups (broad SMARTS) is 1. The van der Waals surface area contributed by atoms with Crippen molar-refractivity contribution < 1.29 is 14.7 Å². The van der Waals surface area contributed by atoms with Crippen LogP contribution in [0.15, 0.2) is 4.79 Å². The SMILES string of the molecule is CC(C)c1nc2sc3c(c2c(=O)n1CC(N)=O)C(C(=O)O)CC3. The molecule has 1 atom stereocenters. The summed E-state index contributed by atoms with van der Waals surface area (Å²) in [7, 11) is 0. The number of rotatable bonds is 4. The van der Waals surface area contributed by atoms with Gasteiger partial charge in [0.1, 0.15) is 17.2 Å². The molecule has 1 unspecified atom stereocenters. The van der Waals surface area contributed by atoms with Crippen LogP contribution in [0.3, 0.4) is 0 Å². The van der Waals surface area contributed by atoms with Crippen molar-refractivity contribution in [3.8, 4) is 0 Å². The third kappa shape index (κ3) is 2.42. The van der Waals surface area contributed by atoms with Crippen molar-refractivity contribution in [1.82, 2.24) is 9.55 Å². The monoisotopic (exact) mass is 335 g/mol. The van der Waals surface area contributed by atoms with Gasteiger partial charge in [-0.3, -0.25) is 19.0 Å². The summed E-state index contributed by atoms with van der Waals surface area (Å²) < 4.78 is 1.28. The summed E-state index contributed by atoms with van der Waals surface area (Å²) in [5.74, 6) is -1.80. The number of carbonyl (C=O) groups excluding carboxylic acids is 1. The van der Waals surface area contributed by atoms with E-state index in [0.717, 1.165) is 4.88 Å². The van der Waals surface area contributed by atoms with E-state index in [1.54, 1.807) is 0 Å². The van der Waals surface area contributed by atoms with Crippen molar-refractivity contribution in [1.29, 1.82) is 0 Å². The molecule has 23 heavy (non-hydrogen) atoms. The third-order valence-electron chi connectivity index (χ3n) is 4.09. The second kappa shape index (κ2) is 5.45. The number of hydrogen-bond acceptors (Lipinski definition) is 5. The minimum Gasteiger partial charge on any atom is -0.481 e. The second-order valence-electron chi connectivity index (χ2n) is 6.03. The van der Waals surface area contributed by atoms with Gasteiger partial charge in [-0.15, -0.1) is 11.3 Å². The van der Waals surface area contributed by atoms with Crippen molar-refractivity contribution in [2.75, 3.05) is 0 Å². The number of thiophene rings is 1. The maximum Gasteiger partial charge on any atom is 0.311 e. The molecule has 0 bridgehead atoms. The van der Waals surface area contributed by atoms with Gasteiger partial charge in [-0.25, -0.2) is 4.98 Å². The van der Waals surface area contributed by atoms with Gasteiger partial charge < -0.3 is 10.8 Å². The van der Waals surface area contributed by atoms with E-state index >= 15 is 0 Å². The zero-order chi connectivity index (χ0) is 16.9. The number of aromatic nitrogens is 2. The Morgan fingerprint density at radius 1 is 1.48 bits per heavy atom. The summed E-state index contributed by atoms with van der Waals surface area (Å²) in [5, 5.41) is 9.72. The smallest absolute Gasteiger partial charge is 0.311 e. The zero-order valence-electron chi connectivity index (χ0n) is 12.8. The Bertz CT molecular complexity index is 881. The van der Waals surface area contributed by atoms with E-state index in [4.69, 9.17) is 5.73 Å². The lowest BCUT2D eigenvalue weighted by molar-refractivity contribution is -0.138. The molecule has 0 saturated carbocycles. The first-order chi connectivity index (χ1) is 10.8. The number of hydrogen-bond donors (Lipinski definition) is 2. The normalized spacial score (nSPS) is 16.9. The van der Waals surface area contributed by atoms with Gasteiger partial charge in [-0.05, 0) is 18.4 Å². The van der Waals surface area contributed by atoms with E-state index < -0.39 is 17.8 Å². The zero-order valence-corrected chi connectivity index (χ0v) is 13.6. The fourth-order valence-corrected chi connectivity index (χ4v) is 4.38. The second-order valence-corrected chi connectivity index (χ2v) is 7.11. The van der Waals surface area contributed by atoms with E-state index in [1.807, 2.05) is 13.8 Å². The number of fused-ring (bicyclic) bond motifs is 3. The van der Waals surface area contributed by atoms with Crippen molar-refractivity contribution in [2.45, 2.75) is 45.1 Å². The number of primary amides is 1. The Morgan fingerprint density at radius 3 is 2.74 bits per heavy atom. The van der Waals surface area contributed by atoms with Crippen molar-refractivity contribution in [3.63, 3.8) is 0 Å². The van der Waals surface area contributed by atoms with Gasteiger partial charge in [0, 0.05) is 10.8 Å². The molecule has 0 aliphatic heterocycles. The molecule has 0 radical (unpaired) electrons. The quantitative estimate of drug-likeness (QED) is 0.870. The standard InChI is InChI=1S/C15H17N3O4S/c1-6(2)12-17-13-11(14(20)18(12)5-9(16)19)10-7(15(21)22)3-4-8(10)23-13/h6-7H,3-5H2,1-2H3,(H2,16,19)(H,21,22). The van der Waals surface area contributed by atoms with Crippen LogP contribution < -0.4 is 11.3 Å². The number of nitrogens with zero attached hydrogens (tertiary/aromatic N) is 2. The fraction of sp³-hybridized carbons (Fsp3) is 0.467. The summed E-state index contributed by atoms with van der Waals surface area (Å²) in [4.78, 5) is 41.7. The lowest BCUT2D eigenvalue weighted by Crippen LogP contribution is -2.32. The molecule has 0 fully saturated rings. The van der Waals surface area contributed by atoms with E-state index in [0.29, 0.717) is 34.4 Å². The van der Waals surface area contributed by atoms with Crippen LogP contribution in [0.25, 0.3) is 10.2 Å². The van der Waals surface area contributed by atoms with E-state index in [9.17, 15) is 19.5 Å². The van der Waals surface area contributed by atoms with Crippen molar-refractivity contribution >= 4 is 33.4 Å². The molecular weight excluding hydrogens is 318 g/mol. The van der Waals surface area contributed by atoms with Crippen LogP contribution in [0.1, 0.15) is 48.4 Å². The molecule has 0 spiro atoms. The van der Waals surface area contributed by atoms with Crippen LogP contribution in [-0.4, -0.2) is 26.5 Å². The molecule has 8 heteroatoms. The molecule has 122 valence electrons. The van der Waals surface area contributed by atoms with E-state index in [-0.39, 0.29) is 18.0 Å². The summed E-state index contributed by atoms with van der Waals surface area (Å²) in [6.45, 7) is 3.51. The number of amides is 1. The van der Waals surface area contributed by atoms with Crippen LogP contribution in [-0.2, 0) is 22.6 Å². The largest absolute Gasteiger partial charge is 0.481 e. The number of carbonyl (C=O) groups is 2. The molecule has 0 aromatic carbocycles. The summed E-state index contributed by atoms with van der Waals surface area (Å²) >= 11 is 1.38. The molecule has 1 aliphatic rings.